The molecule has 2 aliphatic rings. The zero-order valence-electron chi connectivity index (χ0n) is 17.8. The Morgan fingerprint density at radius 1 is 0.688 bits per heavy atom. The Bertz CT molecular complexity index is 1100. The monoisotopic (exact) mass is 426 g/mol. The number of allylic oxidation sites excluding steroid dienone is 7. The van der Waals surface area contributed by atoms with Crippen LogP contribution in [0.15, 0.2) is 108 Å². The maximum absolute atomic E-state index is 12.0. The molecule has 0 bridgehead atoms. The topological polar surface area (TPSA) is 61.8 Å². The van der Waals surface area contributed by atoms with Gasteiger partial charge in [0.05, 0.1) is 0 Å². The molecule has 0 aromatic heterocycles. The van der Waals surface area contributed by atoms with Crippen molar-refractivity contribution in [2.75, 3.05) is 0 Å². The predicted octanol–water partition coefficient (Wildman–Crippen LogP) is 5.34. The zero-order chi connectivity index (χ0) is 22.6. The van der Waals surface area contributed by atoms with E-state index >= 15 is 0 Å². The molecule has 2 heterocycles. The number of carbonyl (C=O) groups is 2. The number of carbonyl (C=O) groups excluding carboxylic acids is 2. The zero-order valence-corrected chi connectivity index (χ0v) is 17.8. The summed E-state index contributed by atoms with van der Waals surface area (Å²) in [5, 5.41) is 0. The van der Waals surface area contributed by atoms with Crippen molar-refractivity contribution >= 4 is 23.5 Å². The quantitative estimate of drug-likeness (QED) is 0.375. The lowest BCUT2D eigenvalue weighted by atomic mass is 10.0. The van der Waals surface area contributed by atoms with Gasteiger partial charge in [0.15, 0.2) is 0 Å². The van der Waals surface area contributed by atoms with Gasteiger partial charge in [-0.05, 0) is 23.8 Å². The van der Waals surface area contributed by atoms with Crippen LogP contribution in [0.3, 0.4) is 0 Å². The molecule has 1 saturated heterocycles. The van der Waals surface area contributed by atoms with Crippen molar-refractivity contribution < 1.29 is 23.8 Å². The summed E-state index contributed by atoms with van der Waals surface area (Å²) in [6, 6.07) is 19.7. The normalized spacial score (nSPS) is 17.7. The Kier molecular flexibility index (Phi) is 5.90. The van der Waals surface area contributed by atoms with Gasteiger partial charge in [-0.25, -0.2) is 9.59 Å². The largest absolute Gasteiger partial charge is 0.456 e. The summed E-state index contributed by atoms with van der Waals surface area (Å²) in [6.07, 6.45) is 10.5. The Morgan fingerprint density at radius 2 is 1.16 bits per heavy atom. The van der Waals surface area contributed by atoms with Crippen LogP contribution < -0.4 is 0 Å². The van der Waals surface area contributed by atoms with Gasteiger partial charge in [-0.1, -0.05) is 78.9 Å². The third kappa shape index (κ3) is 4.95. The molecule has 32 heavy (non-hydrogen) atoms. The summed E-state index contributed by atoms with van der Waals surface area (Å²) in [7, 11) is 0. The SMILES string of the molecule is CC1(C)OC(=O)C(=C/C=C/C=C2C=C(c3ccccc3)OC(c3ccccc3)=C2)C(=O)O1. The second-order valence-corrected chi connectivity index (χ2v) is 7.66. The van der Waals surface area contributed by atoms with Crippen LogP contribution in [0.2, 0.25) is 0 Å². The second-order valence-electron chi connectivity index (χ2n) is 7.66. The average Bonchev–Trinajstić information content (AvgIpc) is 2.78. The molecule has 5 heteroatoms. The van der Waals surface area contributed by atoms with Crippen molar-refractivity contribution in [1.29, 1.82) is 0 Å². The van der Waals surface area contributed by atoms with E-state index in [4.69, 9.17) is 14.2 Å². The Morgan fingerprint density at radius 3 is 1.66 bits per heavy atom. The first-order valence-electron chi connectivity index (χ1n) is 10.2. The minimum absolute atomic E-state index is 0.146. The van der Waals surface area contributed by atoms with Crippen molar-refractivity contribution in [2.24, 2.45) is 0 Å². The van der Waals surface area contributed by atoms with Crippen LogP contribution in [-0.4, -0.2) is 17.7 Å². The average molecular weight is 426 g/mol. The molecule has 0 unspecified atom stereocenters. The molecule has 5 nitrogen and oxygen atoms in total. The first-order valence-corrected chi connectivity index (χ1v) is 10.2. The van der Waals surface area contributed by atoms with Crippen molar-refractivity contribution in [2.45, 2.75) is 19.6 Å². The predicted molar refractivity (Wildman–Crippen MR) is 121 cm³/mol. The van der Waals surface area contributed by atoms with Gasteiger partial charge in [-0.2, -0.15) is 0 Å². The number of esters is 2. The third-order valence-corrected chi connectivity index (χ3v) is 4.71. The molecule has 0 saturated carbocycles. The van der Waals surface area contributed by atoms with Gasteiger partial charge in [-0.15, -0.1) is 0 Å². The van der Waals surface area contributed by atoms with Crippen LogP contribution in [0.5, 0.6) is 0 Å². The number of cyclic esters (lactones) is 2. The summed E-state index contributed by atoms with van der Waals surface area (Å²) in [4.78, 5) is 24.1. The maximum atomic E-state index is 12.0. The summed E-state index contributed by atoms with van der Waals surface area (Å²) in [5.74, 6) is -1.20. The van der Waals surface area contributed by atoms with E-state index in [9.17, 15) is 9.59 Å². The molecule has 4 rings (SSSR count). The third-order valence-electron chi connectivity index (χ3n) is 4.71. The van der Waals surface area contributed by atoms with E-state index in [1.54, 1.807) is 12.2 Å². The highest BCUT2D eigenvalue weighted by molar-refractivity contribution is 6.15. The molecule has 0 N–H and O–H groups in total. The van der Waals surface area contributed by atoms with Gasteiger partial charge in [0.1, 0.15) is 17.1 Å². The highest BCUT2D eigenvalue weighted by Gasteiger charge is 2.38. The molecule has 160 valence electrons. The lowest BCUT2D eigenvalue weighted by molar-refractivity contribution is -0.222. The van der Waals surface area contributed by atoms with Crippen LogP contribution in [0.4, 0.5) is 0 Å². The maximum Gasteiger partial charge on any atom is 0.348 e. The number of rotatable bonds is 4. The van der Waals surface area contributed by atoms with Crippen molar-refractivity contribution in [1.82, 2.24) is 0 Å². The van der Waals surface area contributed by atoms with Crippen LogP contribution in [0.1, 0.15) is 25.0 Å². The fourth-order valence-corrected chi connectivity index (χ4v) is 3.22. The highest BCUT2D eigenvalue weighted by Crippen LogP contribution is 2.32. The molecule has 0 aliphatic carbocycles. The fraction of sp³-hybridized carbons (Fsp3) is 0.111. The van der Waals surface area contributed by atoms with Gasteiger partial charge < -0.3 is 14.2 Å². The van der Waals surface area contributed by atoms with E-state index in [-0.39, 0.29) is 5.57 Å². The Labute approximate surface area is 186 Å². The van der Waals surface area contributed by atoms with Crippen LogP contribution >= 0.6 is 0 Å². The molecule has 0 spiro atoms. The van der Waals surface area contributed by atoms with E-state index < -0.39 is 17.7 Å². The molecule has 0 amide bonds. The highest BCUT2D eigenvalue weighted by atomic mass is 16.7. The van der Waals surface area contributed by atoms with E-state index in [2.05, 4.69) is 0 Å². The molecule has 0 atom stereocenters. The lowest BCUT2D eigenvalue weighted by Gasteiger charge is -2.29. The second kappa shape index (κ2) is 8.94. The van der Waals surface area contributed by atoms with Gasteiger partial charge in [0.2, 0.25) is 0 Å². The van der Waals surface area contributed by atoms with Crippen molar-refractivity contribution in [3.63, 3.8) is 0 Å². The molecular formula is C27H22O5. The molecular weight excluding hydrogens is 404 g/mol. The standard InChI is InChI=1S/C27H22O5/c1-27(2)31-25(28)22(26(29)32-27)16-10-9-11-19-17-23(20-12-5-3-6-13-20)30-24(18-19)21-14-7-4-8-15-21/h3-18H,1-2H3/b10-9+. The van der Waals surface area contributed by atoms with Crippen LogP contribution in [0, 0.1) is 0 Å². The molecule has 2 aromatic rings. The van der Waals surface area contributed by atoms with E-state index in [1.807, 2.05) is 78.9 Å². The summed E-state index contributed by atoms with van der Waals surface area (Å²) in [5.41, 5.74) is 2.67. The fourth-order valence-electron chi connectivity index (χ4n) is 3.22. The van der Waals surface area contributed by atoms with Crippen molar-refractivity contribution in [3.8, 4) is 0 Å². The smallest absolute Gasteiger partial charge is 0.348 e. The van der Waals surface area contributed by atoms with Gasteiger partial charge in [-0.3, -0.25) is 0 Å². The minimum Gasteiger partial charge on any atom is -0.456 e. The van der Waals surface area contributed by atoms with Crippen LogP contribution in [-0.2, 0) is 23.8 Å². The van der Waals surface area contributed by atoms with Gasteiger partial charge in [0.25, 0.3) is 5.79 Å². The number of ether oxygens (including phenoxy) is 3. The summed E-state index contributed by atoms with van der Waals surface area (Å²) < 4.78 is 16.4. The van der Waals surface area contributed by atoms with Crippen molar-refractivity contribution in [3.05, 3.63) is 119 Å². The number of benzene rings is 2. The van der Waals surface area contributed by atoms with E-state index in [1.165, 1.54) is 19.9 Å². The first-order chi connectivity index (χ1) is 15.4. The molecule has 2 aromatic carbocycles. The molecule has 2 aliphatic heterocycles. The van der Waals surface area contributed by atoms with Crippen LogP contribution in [0.25, 0.3) is 11.5 Å². The van der Waals surface area contributed by atoms with E-state index in [0.717, 1.165) is 28.2 Å². The summed E-state index contributed by atoms with van der Waals surface area (Å²) in [6.45, 7) is 3.02. The number of hydrogen-bond acceptors (Lipinski definition) is 5. The van der Waals surface area contributed by atoms with Gasteiger partial charge in [0, 0.05) is 25.0 Å². The lowest BCUT2D eigenvalue weighted by Crippen LogP contribution is -2.41. The first kappa shape index (κ1) is 21.1. The summed E-state index contributed by atoms with van der Waals surface area (Å²) >= 11 is 0. The minimum atomic E-state index is -1.25. The Balaban J connectivity index is 1.61. The number of hydrogen-bond donors (Lipinski definition) is 0. The Hall–Kier alpha value is -4.12. The molecule has 0 radical (unpaired) electrons. The molecule has 1 fully saturated rings. The van der Waals surface area contributed by atoms with E-state index in [0.29, 0.717) is 0 Å². The van der Waals surface area contributed by atoms with Gasteiger partial charge >= 0.3 is 11.9 Å².